The third-order valence-electron chi connectivity index (χ3n) is 4.60. The highest BCUT2D eigenvalue weighted by Crippen LogP contribution is 2.42. The van der Waals surface area contributed by atoms with Gasteiger partial charge in [0.05, 0.1) is 6.54 Å². The van der Waals surface area contributed by atoms with Gasteiger partial charge in [0.15, 0.2) is 0 Å². The lowest BCUT2D eigenvalue weighted by Crippen LogP contribution is -2.37. The van der Waals surface area contributed by atoms with Crippen molar-refractivity contribution >= 4 is 18.3 Å². The molecule has 2 heterocycles. The van der Waals surface area contributed by atoms with Crippen LogP contribution in [-0.2, 0) is 11.3 Å². The molecule has 0 spiro atoms. The molecule has 1 saturated carbocycles. The number of aromatic nitrogens is 3. The van der Waals surface area contributed by atoms with E-state index in [1.165, 1.54) is 19.2 Å². The molecule has 3 rings (SSSR count). The molecule has 1 aliphatic carbocycles. The highest BCUT2D eigenvalue weighted by Gasteiger charge is 2.44. The van der Waals surface area contributed by atoms with Crippen LogP contribution in [0.3, 0.4) is 0 Å². The second-order valence-corrected chi connectivity index (χ2v) is 6.24. The Morgan fingerprint density at radius 2 is 2.10 bits per heavy atom. The lowest BCUT2D eigenvalue weighted by molar-refractivity contribution is -0.130. The first kappa shape index (κ1) is 16.2. The van der Waals surface area contributed by atoms with Crippen LogP contribution >= 0.6 is 12.4 Å². The molecule has 1 saturated heterocycles. The van der Waals surface area contributed by atoms with Gasteiger partial charge < -0.3 is 9.80 Å². The fourth-order valence-corrected chi connectivity index (χ4v) is 3.27. The minimum absolute atomic E-state index is 0. The third-order valence-corrected chi connectivity index (χ3v) is 4.60. The van der Waals surface area contributed by atoms with E-state index in [9.17, 15) is 4.79 Å². The van der Waals surface area contributed by atoms with E-state index < -0.39 is 0 Å². The van der Waals surface area contributed by atoms with Gasteiger partial charge in [0.25, 0.3) is 0 Å². The zero-order chi connectivity index (χ0) is 14.1. The smallest absolute Gasteiger partial charge is 0.224 e. The van der Waals surface area contributed by atoms with Crippen molar-refractivity contribution in [1.29, 1.82) is 0 Å². The summed E-state index contributed by atoms with van der Waals surface area (Å²) in [6.45, 7) is 2.43. The van der Waals surface area contributed by atoms with Gasteiger partial charge in [-0.05, 0) is 38.8 Å². The van der Waals surface area contributed by atoms with E-state index in [1.807, 2.05) is 4.90 Å². The van der Waals surface area contributed by atoms with Crippen molar-refractivity contribution in [3.63, 3.8) is 0 Å². The molecule has 0 radical (unpaired) electrons. The third kappa shape index (κ3) is 3.74. The summed E-state index contributed by atoms with van der Waals surface area (Å²) in [7, 11) is 4.26. The summed E-state index contributed by atoms with van der Waals surface area (Å²) < 4.78 is 1.72. The molecule has 1 aromatic rings. The molecule has 0 bridgehead atoms. The van der Waals surface area contributed by atoms with Gasteiger partial charge in [0, 0.05) is 25.6 Å². The van der Waals surface area contributed by atoms with Gasteiger partial charge in [-0.25, -0.2) is 4.98 Å². The van der Waals surface area contributed by atoms with Gasteiger partial charge in [0.1, 0.15) is 12.7 Å². The van der Waals surface area contributed by atoms with Crippen molar-refractivity contribution in [2.45, 2.75) is 31.8 Å². The van der Waals surface area contributed by atoms with Crippen molar-refractivity contribution in [3.8, 4) is 0 Å². The topological polar surface area (TPSA) is 54.3 Å². The molecule has 2 aliphatic rings. The fraction of sp³-hybridized carbons (Fsp3) is 0.786. The number of likely N-dealkylation sites (tertiary alicyclic amines) is 1. The predicted octanol–water partition coefficient (Wildman–Crippen LogP) is 0.889. The molecule has 0 unspecified atom stereocenters. The van der Waals surface area contributed by atoms with Gasteiger partial charge >= 0.3 is 0 Å². The van der Waals surface area contributed by atoms with Crippen LogP contribution in [0.4, 0.5) is 0 Å². The van der Waals surface area contributed by atoms with E-state index in [-0.39, 0.29) is 18.3 Å². The van der Waals surface area contributed by atoms with E-state index in [2.05, 4.69) is 29.1 Å². The largest absolute Gasteiger partial charge is 0.341 e. The molecule has 2 atom stereocenters. The maximum atomic E-state index is 12.3. The normalized spacial score (nSPS) is 25.2. The zero-order valence-corrected chi connectivity index (χ0v) is 13.5. The van der Waals surface area contributed by atoms with Crippen LogP contribution in [0.25, 0.3) is 0 Å². The van der Waals surface area contributed by atoms with E-state index in [0.29, 0.717) is 24.9 Å². The van der Waals surface area contributed by atoms with Crippen molar-refractivity contribution in [3.05, 3.63) is 12.7 Å². The Balaban J connectivity index is 0.00000161. The van der Waals surface area contributed by atoms with Crippen LogP contribution < -0.4 is 0 Å². The van der Waals surface area contributed by atoms with Gasteiger partial charge in [0.2, 0.25) is 5.91 Å². The summed E-state index contributed by atoms with van der Waals surface area (Å²) in [4.78, 5) is 20.6. The van der Waals surface area contributed by atoms with Crippen LogP contribution in [0.2, 0.25) is 0 Å². The Hall–Kier alpha value is -1.14. The number of carbonyl (C=O) groups is 1. The molecule has 21 heavy (non-hydrogen) atoms. The van der Waals surface area contributed by atoms with E-state index in [0.717, 1.165) is 19.0 Å². The van der Waals surface area contributed by atoms with E-state index in [1.54, 1.807) is 11.0 Å². The second-order valence-electron chi connectivity index (χ2n) is 6.24. The van der Waals surface area contributed by atoms with Crippen molar-refractivity contribution < 1.29 is 4.79 Å². The molecule has 118 valence electrons. The number of hydrogen-bond acceptors (Lipinski definition) is 4. The maximum absolute atomic E-state index is 12.3. The van der Waals surface area contributed by atoms with Crippen LogP contribution in [-0.4, -0.2) is 63.7 Å². The standard InChI is InChI=1S/C14H23N5O.ClH/c1-17(2)13-8-18(7-12(13)11-3-4-11)14(20)5-6-19-10-15-9-16-19;/h9-13H,3-8H2,1-2H3;1H/t12-,13+;/m1./s1. The summed E-state index contributed by atoms with van der Waals surface area (Å²) in [5.41, 5.74) is 0. The quantitative estimate of drug-likeness (QED) is 0.810. The highest BCUT2D eigenvalue weighted by atomic mass is 35.5. The van der Waals surface area contributed by atoms with Crippen LogP contribution in [0.15, 0.2) is 12.7 Å². The number of carbonyl (C=O) groups excluding carboxylic acids is 1. The Kier molecular flexibility index (Phi) is 5.22. The summed E-state index contributed by atoms with van der Waals surface area (Å²) in [6.07, 6.45) is 6.37. The van der Waals surface area contributed by atoms with Crippen LogP contribution in [0.1, 0.15) is 19.3 Å². The monoisotopic (exact) mass is 313 g/mol. The average molecular weight is 314 g/mol. The molecule has 0 N–H and O–H groups in total. The predicted molar refractivity (Wildman–Crippen MR) is 82.2 cm³/mol. The molecule has 7 heteroatoms. The van der Waals surface area contributed by atoms with Crippen molar-refractivity contribution in [2.75, 3.05) is 27.2 Å². The summed E-state index contributed by atoms with van der Waals surface area (Å²) in [6, 6.07) is 0.526. The maximum Gasteiger partial charge on any atom is 0.224 e. The van der Waals surface area contributed by atoms with E-state index in [4.69, 9.17) is 0 Å². The second kappa shape index (κ2) is 6.75. The van der Waals surface area contributed by atoms with Gasteiger partial charge in [-0.15, -0.1) is 12.4 Å². The molecule has 1 amide bonds. The summed E-state index contributed by atoms with van der Waals surface area (Å²) in [5, 5.41) is 4.04. The first-order valence-electron chi connectivity index (χ1n) is 7.42. The Morgan fingerprint density at radius 1 is 1.33 bits per heavy atom. The highest BCUT2D eigenvalue weighted by molar-refractivity contribution is 5.85. The van der Waals surface area contributed by atoms with Crippen LogP contribution in [0, 0.1) is 11.8 Å². The Bertz CT molecular complexity index is 450. The summed E-state index contributed by atoms with van der Waals surface area (Å²) >= 11 is 0. The van der Waals surface area contributed by atoms with Crippen molar-refractivity contribution in [2.24, 2.45) is 11.8 Å². The summed E-state index contributed by atoms with van der Waals surface area (Å²) in [5.74, 6) is 1.76. The molecular formula is C14H24ClN5O. The number of rotatable bonds is 5. The lowest BCUT2D eigenvalue weighted by Gasteiger charge is -2.24. The Morgan fingerprint density at radius 3 is 2.67 bits per heavy atom. The first-order valence-corrected chi connectivity index (χ1v) is 7.42. The molecular weight excluding hydrogens is 290 g/mol. The Labute approximate surface area is 131 Å². The zero-order valence-electron chi connectivity index (χ0n) is 12.7. The number of likely N-dealkylation sites (N-methyl/N-ethyl adjacent to an activating group) is 1. The molecule has 1 aliphatic heterocycles. The minimum Gasteiger partial charge on any atom is -0.341 e. The minimum atomic E-state index is 0. The number of hydrogen-bond donors (Lipinski definition) is 0. The average Bonchev–Trinajstić information content (AvgIpc) is 2.97. The van der Waals surface area contributed by atoms with Gasteiger partial charge in [-0.3, -0.25) is 9.48 Å². The van der Waals surface area contributed by atoms with Crippen molar-refractivity contribution in [1.82, 2.24) is 24.6 Å². The van der Waals surface area contributed by atoms with Gasteiger partial charge in [-0.2, -0.15) is 5.10 Å². The first-order chi connectivity index (χ1) is 9.65. The van der Waals surface area contributed by atoms with Crippen LogP contribution in [0.5, 0.6) is 0 Å². The number of nitrogens with zero attached hydrogens (tertiary/aromatic N) is 5. The molecule has 2 fully saturated rings. The lowest BCUT2D eigenvalue weighted by atomic mass is 9.97. The molecule has 6 nitrogen and oxygen atoms in total. The fourth-order valence-electron chi connectivity index (χ4n) is 3.27. The van der Waals surface area contributed by atoms with E-state index >= 15 is 0 Å². The number of halogens is 1. The van der Waals surface area contributed by atoms with Gasteiger partial charge in [-0.1, -0.05) is 0 Å². The number of aryl methyl sites for hydroxylation is 1. The molecule has 0 aromatic carbocycles. The number of amides is 1. The molecule has 1 aromatic heterocycles. The SMILES string of the molecule is CN(C)[C@H]1CN(C(=O)CCn2cncn2)C[C@@H]1C1CC1.Cl.